The molecule has 1 amide bonds. The molecule has 174 valence electrons. The lowest BCUT2D eigenvalue weighted by molar-refractivity contribution is 0.0239. The number of rotatable bonds is 7. The van der Waals surface area contributed by atoms with Gasteiger partial charge in [0.15, 0.2) is 5.76 Å². The van der Waals surface area contributed by atoms with E-state index in [4.69, 9.17) is 13.9 Å². The molecule has 5 rings (SSSR count). The van der Waals surface area contributed by atoms with Crippen molar-refractivity contribution in [2.45, 2.75) is 38.6 Å². The molecule has 0 bridgehead atoms. The number of carbonyl (C=O) groups is 1. The van der Waals surface area contributed by atoms with Crippen LogP contribution in [0, 0.1) is 0 Å². The summed E-state index contributed by atoms with van der Waals surface area (Å²) in [6, 6.07) is 11.9. The number of anilines is 1. The van der Waals surface area contributed by atoms with Gasteiger partial charge in [-0.15, -0.1) is 11.3 Å². The lowest BCUT2D eigenvalue weighted by Crippen LogP contribution is -2.40. The van der Waals surface area contributed by atoms with E-state index in [1.165, 1.54) is 40.7 Å². The van der Waals surface area contributed by atoms with Gasteiger partial charge in [-0.25, -0.2) is 0 Å². The van der Waals surface area contributed by atoms with Gasteiger partial charge in [0.25, 0.3) is 5.91 Å². The number of nitrogens with one attached hydrogen (secondary N) is 1. The average molecular weight is 467 g/mol. The number of benzene rings is 1. The molecule has 1 aliphatic carbocycles. The zero-order valence-electron chi connectivity index (χ0n) is 19.0. The van der Waals surface area contributed by atoms with Crippen LogP contribution in [0.4, 0.5) is 5.00 Å². The zero-order valence-corrected chi connectivity index (χ0v) is 19.8. The lowest BCUT2D eigenvalue weighted by Gasteiger charge is -2.36. The minimum atomic E-state index is -0.202. The fourth-order valence-electron chi connectivity index (χ4n) is 4.85. The van der Waals surface area contributed by atoms with Gasteiger partial charge in [-0.2, -0.15) is 0 Å². The topological polar surface area (TPSA) is 63.9 Å². The Morgan fingerprint density at radius 3 is 2.67 bits per heavy atom. The largest absolute Gasteiger partial charge is 0.494 e. The van der Waals surface area contributed by atoms with Crippen LogP contribution >= 0.6 is 11.3 Å². The van der Waals surface area contributed by atoms with E-state index in [1.807, 2.05) is 19.1 Å². The van der Waals surface area contributed by atoms with Gasteiger partial charge in [0.2, 0.25) is 0 Å². The first kappa shape index (κ1) is 22.2. The Kier molecular flexibility index (Phi) is 6.80. The van der Waals surface area contributed by atoms with Crippen molar-refractivity contribution in [1.82, 2.24) is 4.90 Å². The van der Waals surface area contributed by atoms with E-state index in [-0.39, 0.29) is 11.9 Å². The minimum absolute atomic E-state index is 0.0505. The van der Waals surface area contributed by atoms with Crippen molar-refractivity contribution in [3.8, 4) is 5.75 Å². The van der Waals surface area contributed by atoms with Gasteiger partial charge in [0.05, 0.1) is 32.1 Å². The Labute approximate surface area is 198 Å². The molecule has 1 aliphatic heterocycles. The molecule has 0 saturated carbocycles. The van der Waals surface area contributed by atoms with Crippen LogP contribution in [-0.2, 0) is 17.6 Å². The third kappa shape index (κ3) is 4.71. The summed E-state index contributed by atoms with van der Waals surface area (Å²) in [6.45, 7) is 5.79. The first-order valence-corrected chi connectivity index (χ1v) is 12.6. The number of hydrogen-bond acceptors (Lipinski definition) is 6. The quantitative estimate of drug-likeness (QED) is 0.512. The van der Waals surface area contributed by atoms with E-state index in [0.717, 1.165) is 36.7 Å². The van der Waals surface area contributed by atoms with E-state index < -0.39 is 0 Å². The van der Waals surface area contributed by atoms with Crippen LogP contribution in [0.1, 0.15) is 57.9 Å². The Morgan fingerprint density at radius 1 is 1.15 bits per heavy atom. The number of hydrogen-bond donors (Lipinski definition) is 1. The monoisotopic (exact) mass is 466 g/mol. The Balaban J connectivity index is 1.58. The van der Waals surface area contributed by atoms with Crippen molar-refractivity contribution in [2.75, 3.05) is 38.2 Å². The van der Waals surface area contributed by atoms with E-state index in [9.17, 15) is 4.79 Å². The van der Waals surface area contributed by atoms with Gasteiger partial charge in [-0.3, -0.25) is 9.69 Å². The number of nitrogens with zero attached hydrogens (tertiary/aromatic N) is 1. The fourth-order valence-corrected chi connectivity index (χ4v) is 6.17. The molecule has 1 unspecified atom stereocenters. The third-order valence-corrected chi connectivity index (χ3v) is 7.60. The highest BCUT2D eigenvalue weighted by atomic mass is 32.1. The molecule has 1 N–H and O–H groups in total. The average Bonchev–Trinajstić information content (AvgIpc) is 3.50. The normalized spacial score (nSPS) is 17.4. The molecule has 1 atom stereocenters. The number of ether oxygens (including phenoxy) is 2. The number of carbonyl (C=O) groups excluding carboxylic acids is 1. The molecule has 2 aromatic heterocycles. The van der Waals surface area contributed by atoms with Gasteiger partial charge in [-0.05, 0) is 68.0 Å². The highest BCUT2D eigenvalue weighted by molar-refractivity contribution is 7.16. The zero-order chi connectivity index (χ0) is 22.6. The molecule has 6 nitrogen and oxygen atoms in total. The van der Waals surface area contributed by atoms with Crippen molar-refractivity contribution < 1.29 is 18.7 Å². The maximum atomic E-state index is 12.9. The second kappa shape index (κ2) is 10.1. The van der Waals surface area contributed by atoms with Gasteiger partial charge in [0, 0.05) is 23.5 Å². The molecule has 1 aromatic carbocycles. The molecule has 2 aliphatic rings. The van der Waals surface area contributed by atoms with E-state index >= 15 is 0 Å². The molecule has 3 aromatic rings. The minimum Gasteiger partial charge on any atom is -0.494 e. The fraction of sp³-hybridized carbons (Fsp3) is 0.423. The standard InChI is InChI=1S/C26H30N2O4S/c1-2-31-19-11-9-18(10-12-19)24(28-13-16-30-17-14-28)23-20-6-3-4-8-22(20)33-26(23)27-25(29)21-7-5-15-32-21/h5,7,9-12,15,24H,2-4,6,8,13-14,16-17H2,1H3,(H,27,29). The Bertz CT molecular complexity index is 1070. The summed E-state index contributed by atoms with van der Waals surface area (Å²) >= 11 is 1.73. The van der Waals surface area contributed by atoms with Crippen molar-refractivity contribution in [2.24, 2.45) is 0 Å². The van der Waals surface area contributed by atoms with Crippen LogP contribution in [0.2, 0.25) is 0 Å². The number of fused-ring (bicyclic) bond motifs is 1. The number of morpholine rings is 1. The van der Waals surface area contributed by atoms with Crippen molar-refractivity contribution in [1.29, 1.82) is 0 Å². The number of furan rings is 1. The summed E-state index contributed by atoms with van der Waals surface area (Å²) < 4.78 is 16.7. The smallest absolute Gasteiger partial charge is 0.291 e. The maximum Gasteiger partial charge on any atom is 0.291 e. The van der Waals surface area contributed by atoms with Gasteiger partial charge in [0.1, 0.15) is 10.8 Å². The second-order valence-corrected chi connectivity index (χ2v) is 9.54. The second-order valence-electron chi connectivity index (χ2n) is 8.44. The highest BCUT2D eigenvalue weighted by Crippen LogP contribution is 2.46. The summed E-state index contributed by atoms with van der Waals surface area (Å²) in [4.78, 5) is 16.8. The summed E-state index contributed by atoms with van der Waals surface area (Å²) in [5.41, 5.74) is 3.85. The molecular weight excluding hydrogens is 436 g/mol. The third-order valence-electron chi connectivity index (χ3n) is 6.38. The van der Waals surface area contributed by atoms with E-state index in [1.54, 1.807) is 23.5 Å². The van der Waals surface area contributed by atoms with Crippen LogP contribution in [0.15, 0.2) is 47.1 Å². The Hall–Kier alpha value is -2.61. The van der Waals surface area contributed by atoms with E-state index in [0.29, 0.717) is 25.6 Å². The van der Waals surface area contributed by atoms with Crippen LogP contribution in [0.25, 0.3) is 0 Å². The number of aryl methyl sites for hydroxylation is 1. The lowest BCUT2D eigenvalue weighted by atomic mass is 9.88. The van der Waals surface area contributed by atoms with E-state index in [2.05, 4.69) is 22.3 Å². The molecule has 7 heteroatoms. The first-order valence-electron chi connectivity index (χ1n) is 11.8. The summed E-state index contributed by atoms with van der Waals surface area (Å²) in [6.07, 6.45) is 6.04. The molecule has 3 heterocycles. The van der Waals surface area contributed by atoms with Crippen molar-refractivity contribution in [3.63, 3.8) is 0 Å². The molecule has 0 spiro atoms. The van der Waals surface area contributed by atoms with Gasteiger partial charge >= 0.3 is 0 Å². The van der Waals surface area contributed by atoms with Crippen LogP contribution in [-0.4, -0.2) is 43.7 Å². The van der Waals surface area contributed by atoms with Crippen molar-refractivity contribution >= 4 is 22.2 Å². The van der Waals surface area contributed by atoms with Crippen molar-refractivity contribution in [3.05, 3.63) is 70.0 Å². The predicted octanol–water partition coefficient (Wildman–Crippen LogP) is 5.29. The van der Waals surface area contributed by atoms with Gasteiger partial charge < -0.3 is 19.2 Å². The van der Waals surface area contributed by atoms with Gasteiger partial charge in [-0.1, -0.05) is 12.1 Å². The van der Waals surface area contributed by atoms with Crippen LogP contribution in [0.3, 0.4) is 0 Å². The highest BCUT2D eigenvalue weighted by Gasteiger charge is 2.33. The Morgan fingerprint density at radius 2 is 1.94 bits per heavy atom. The maximum absolute atomic E-state index is 12.9. The summed E-state index contributed by atoms with van der Waals surface area (Å²) in [5, 5.41) is 4.13. The first-order chi connectivity index (χ1) is 16.2. The SMILES string of the molecule is CCOc1ccc(C(c2c(NC(=O)c3ccco3)sc3c2CCCC3)N2CCOCC2)cc1. The number of thiophene rings is 1. The molecular formula is C26H30N2O4S. The molecule has 0 radical (unpaired) electrons. The predicted molar refractivity (Wildman–Crippen MR) is 129 cm³/mol. The molecule has 1 saturated heterocycles. The molecule has 33 heavy (non-hydrogen) atoms. The number of amides is 1. The van der Waals surface area contributed by atoms with Crippen LogP contribution < -0.4 is 10.1 Å². The molecule has 1 fully saturated rings. The summed E-state index contributed by atoms with van der Waals surface area (Å²) in [7, 11) is 0. The van der Waals surface area contributed by atoms with Crippen LogP contribution in [0.5, 0.6) is 5.75 Å². The summed E-state index contributed by atoms with van der Waals surface area (Å²) in [5.74, 6) is 1.00.